The smallest absolute Gasteiger partial charge is 0.180 e. The summed E-state index contributed by atoms with van der Waals surface area (Å²) in [5.41, 5.74) is 0. The van der Waals surface area contributed by atoms with Crippen LogP contribution in [-0.4, -0.2) is 40.5 Å². The highest BCUT2D eigenvalue weighted by Crippen LogP contribution is 2.16. The van der Waals surface area contributed by atoms with Crippen LogP contribution in [0, 0.1) is 11.6 Å². The second kappa shape index (κ2) is 6.93. The van der Waals surface area contributed by atoms with Crippen molar-refractivity contribution in [2.45, 2.75) is 17.9 Å². The molecule has 0 aliphatic carbocycles. The minimum absolute atomic E-state index is 0.219. The molecule has 1 aromatic carbocycles. The summed E-state index contributed by atoms with van der Waals surface area (Å²) in [5.74, 6) is -2.48. The van der Waals surface area contributed by atoms with Crippen LogP contribution >= 0.6 is 0 Å². The first kappa shape index (κ1) is 16.0. The van der Waals surface area contributed by atoms with Crippen molar-refractivity contribution in [1.82, 2.24) is 5.32 Å². The summed E-state index contributed by atoms with van der Waals surface area (Å²) >= 11 is 0. The summed E-state index contributed by atoms with van der Waals surface area (Å²) in [6, 6.07) is 2.17. The molecule has 1 rings (SSSR count). The van der Waals surface area contributed by atoms with Crippen LogP contribution in [0.15, 0.2) is 23.1 Å². The molecule has 0 saturated carbocycles. The molecule has 19 heavy (non-hydrogen) atoms. The molecular formula is C12H17F2NO3S. The molecule has 0 aromatic heterocycles. The molecule has 1 unspecified atom stereocenters. The number of rotatable bonds is 7. The Labute approximate surface area is 111 Å². The van der Waals surface area contributed by atoms with Gasteiger partial charge in [-0.15, -0.1) is 0 Å². The predicted octanol–water partition coefficient (Wildman–Crippen LogP) is 1.36. The van der Waals surface area contributed by atoms with Crippen LogP contribution in [0.2, 0.25) is 0 Å². The summed E-state index contributed by atoms with van der Waals surface area (Å²) in [6.07, 6.45) is 0. The molecule has 4 nitrogen and oxygen atoms in total. The Bertz CT molecular complexity index is 514. The maximum atomic E-state index is 13.1. The molecule has 0 spiro atoms. The Kier molecular flexibility index (Phi) is 5.84. The molecule has 0 heterocycles. The van der Waals surface area contributed by atoms with Gasteiger partial charge in [0.15, 0.2) is 21.5 Å². The zero-order chi connectivity index (χ0) is 14.5. The van der Waals surface area contributed by atoms with E-state index in [0.717, 1.165) is 12.1 Å². The van der Waals surface area contributed by atoms with Crippen molar-refractivity contribution in [3.05, 3.63) is 29.8 Å². The van der Waals surface area contributed by atoms with Crippen LogP contribution in [0.4, 0.5) is 8.78 Å². The lowest BCUT2D eigenvalue weighted by Crippen LogP contribution is -2.39. The summed E-state index contributed by atoms with van der Waals surface area (Å²) in [7, 11) is -2.23. The number of nitrogens with one attached hydrogen (secondary N) is 1. The molecule has 1 aromatic rings. The van der Waals surface area contributed by atoms with Crippen molar-refractivity contribution in [2.75, 3.05) is 26.0 Å². The van der Waals surface area contributed by atoms with E-state index in [-0.39, 0.29) is 17.3 Å². The number of methoxy groups -OCH3 is 1. The van der Waals surface area contributed by atoms with Gasteiger partial charge in [0, 0.05) is 13.2 Å². The van der Waals surface area contributed by atoms with Gasteiger partial charge in [-0.2, -0.15) is 0 Å². The van der Waals surface area contributed by atoms with Gasteiger partial charge in [-0.25, -0.2) is 17.2 Å². The number of benzene rings is 1. The Balaban J connectivity index is 2.92. The van der Waals surface area contributed by atoms with E-state index in [1.807, 2.05) is 6.92 Å². The average molecular weight is 293 g/mol. The first-order chi connectivity index (χ1) is 8.90. The number of hydrogen-bond acceptors (Lipinski definition) is 4. The molecule has 108 valence electrons. The first-order valence-corrected chi connectivity index (χ1v) is 7.46. The highest BCUT2D eigenvalue weighted by Gasteiger charge is 2.22. The third-order valence-electron chi connectivity index (χ3n) is 2.53. The van der Waals surface area contributed by atoms with Gasteiger partial charge >= 0.3 is 0 Å². The van der Waals surface area contributed by atoms with Crippen LogP contribution in [0.1, 0.15) is 6.92 Å². The molecular weight excluding hydrogens is 276 g/mol. The summed E-state index contributed by atoms with van der Waals surface area (Å²) in [6.45, 7) is 2.64. The maximum Gasteiger partial charge on any atom is 0.180 e. The first-order valence-electron chi connectivity index (χ1n) is 5.80. The van der Waals surface area contributed by atoms with Gasteiger partial charge < -0.3 is 10.1 Å². The minimum atomic E-state index is -3.69. The predicted molar refractivity (Wildman–Crippen MR) is 67.8 cm³/mol. The number of ether oxygens (including phenoxy) is 1. The van der Waals surface area contributed by atoms with E-state index in [1.165, 1.54) is 7.11 Å². The SMILES string of the molecule is CCNC(COC)CS(=O)(=O)c1ccc(F)c(F)c1. The van der Waals surface area contributed by atoms with Crippen molar-refractivity contribution >= 4 is 9.84 Å². The van der Waals surface area contributed by atoms with Gasteiger partial charge in [-0.05, 0) is 24.7 Å². The Morgan fingerprint density at radius 2 is 2.00 bits per heavy atom. The van der Waals surface area contributed by atoms with E-state index in [2.05, 4.69) is 5.32 Å². The number of sulfone groups is 1. The van der Waals surface area contributed by atoms with Crippen molar-refractivity contribution in [3.63, 3.8) is 0 Å². The largest absolute Gasteiger partial charge is 0.383 e. The highest BCUT2D eigenvalue weighted by molar-refractivity contribution is 7.91. The summed E-state index contributed by atoms with van der Waals surface area (Å²) in [5, 5.41) is 2.96. The molecule has 0 amide bonds. The number of halogens is 2. The Morgan fingerprint density at radius 3 is 2.53 bits per heavy atom. The van der Waals surface area contributed by atoms with Gasteiger partial charge in [-0.3, -0.25) is 0 Å². The van der Waals surface area contributed by atoms with Gasteiger partial charge in [0.1, 0.15) is 0 Å². The fourth-order valence-electron chi connectivity index (χ4n) is 1.69. The Morgan fingerprint density at radius 1 is 1.32 bits per heavy atom. The third kappa shape index (κ3) is 4.52. The topological polar surface area (TPSA) is 55.4 Å². The lowest BCUT2D eigenvalue weighted by atomic mass is 10.3. The zero-order valence-corrected chi connectivity index (χ0v) is 11.6. The maximum absolute atomic E-state index is 13.1. The molecule has 0 fully saturated rings. The zero-order valence-electron chi connectivity index (χ0n) is 10.8. The van der Waals surface area contributed by atoms with Crippen LogP contribution in [0.25, 0.3) is 0 Å². The van der Waals surface area contributed by atoms with Crippen LogP contribution < -0.4 is 5.32 Å². The van der Waals surface area contributed by atoms with Crippen molar-refractivity contribution < 1.29 is 21.9 Å². The normalized spacial score (nSPS) is 13.5. The van der Waals surface area contributed by atoms with E-state index >= 15 is 0 Å². The molecule has 1 N–H and O–H groups in total. The van der Waals surface area contributed by atoms with Crippen LogP contribution in [0.5, 0.6) is 0 Å². The summed E-state index contributed by atoms with van der Waals surface area (Å²) < 4.78 is 54.9. The third-order valence-corrected chi connectivity index (χ3v) is 4.34. The van der Waals surface area contributed by atoms with E-state index in [1.54, 1.807) is 0 Å². The van der Waals surface area contributed by atoms with Crippen molar-refractivity contribution in [1.29, 1.82) is 0 Å². The minimum Gasteiger partial charge on any atom is -0.383 e. The van der Waals surface area contributed by atoms with E-state index in [4.69, 9.17) is 4.74 Å². The molecule has 0 bridgehead atoms. The number of hydrogen-bond donors (Lipinski definition) is 1. The van der Waals surface area contributed by atoms with E-state index in [0.29, 0.717) is 12.6 Å². The summed E-state index contributed by atoms with van der Waals surface area (Å²) in [4.78, 5) is -0.231. The average Bonchev–Trinajstić information content (AvgIpc) is 2.32. The van der Waals surface area contributed by atoms with Crippen LogP contribution in [0.3, 0.4) is 0 Å². The molecule has 0 aliphatic rings. The van der Waals surface area contributed by atoms with Gasteiger partial charge in [-0.1, -0.05) is 6.92 Å². The molecule has 0 radical (unpaired) electrons. The van der Waals surface area contributed by atoms with Gasteiger partial charge in [0.25, 0.3) is 0 Å². The van der Waals surface area contributed by atoms with Crippen LogP contribution in [-0.2, 0) is 14.6 Å². The second-order valence-electron chi connectivity index (χ2n) is 4.07. The van der Waals surface area contributed by atoms with E-state index in [9.17, 15) is 17.2 Å². The fourth-order valence-corrected chi connectivity index (χ4v) is 3.18. The molecule has 0 aliphatic heterocycles. The number of likely N-dealkylation sites (N-methyl/N-ethyl adjacent to an activating group) is 1. The van der Waals surface area contributed by atoms with Gasteiger partial charge in [0.05, 0.1) is 17.3 Å². The lowest BCUT2D eigenvalue weighted by Gasteiger charge is -2.17. The Hall–Kier alpha value is -1.05. The highest BCUT2D eigenvalue weighted by atomic mass is 32.2. The van der Waals surface area contributed by atoms with Gasteiger partial charge in [0.2, 0.25) is 0 Å². The molecule has 7 heteroatoms. The quantitative estimate of drug-likeness (QED) is 0.771. The van der Waals surface area contributed by atoms with Crippen molar-refractivity contribution in [3.8, 4) is 0 Å². The fraction of sp³-hybridized carbons (Fsp3) is 0.500. The van der Waals surface area contributed by atoms with Crippen molar-refractivity contribution in [2.24, 2.45) is 0 Å². The monoisotopic (exact) mass is 293 g/mol. The second-order valence-corrected chi connectivity index (χ2v) is 6.10. The lowest BCUT2D eigenvalue weighted by molar-refractivity contribution is 0.174. The molecule has 1 atom stereocenters. The van der Waals surface area contributed by atoms with E-state index < -0.39 is 27.5 Å². The molecule has 0 saturated heterocycles. The standard InChI is InChI=1S/C12H17F2NO3S/c1-3-15-9(7-18-2)8-19(16,17)10-4-5-11(13)12(14)6-10/h4-6,9,15H,3,7-8H2,1-2H3.